The molecule has 7 heteroatoms. The van der Waals surface area contributed by atoms with Gasteiger partial charge in [0.2, 0.25) is 11.0 Å². The molecule has 24 heavy (non-hydrogen) atoms. The lowest BCUT2D eigenvalue weighted by Crippen LogP contribution is -2.41. The summed E-state index contributed by atoms with van der Waals surface area (Å²) < 4.78 is 0. The highest BCUT2D eigenvalue weighted by Gasteiger charge is 2.19. The van der Waals surface area contributed by atoms with Gasteiger partial charge in [-0.05, 0) is 31.9 Å². The van der Waals surface area contributed by atoms with E-state index in [0.717, 1.165) is 17.8 Å². The second kappa shape index (κ2) is 8.54. The standard InChI is InChI=1S/C17H22N4O2S/c1-4-12(5-2)16-20-21-17(24-16)19-14(22)11(3)18-15(23)13-9-7-6-8-10-13/h6-12H,4-5H2,1-3H3,(H,18,23)(H,19,21,22). The summed E-state index contributed by atoms with van der Waals surface area (Å²) in [5, 5.41) is 14.9. The van der Waals surface area contributed by atoms with Crippen LogP contribution in [0.2, 0.25) is 0 Å². The Morgan fingerprint density at radius 2 is 1.79 bits per heavy atom. The molecule has 0 spiro atoms. The lowest BCUT2D eigenvalue weighted by atomic mass is 10.1. The zero-order chi connectivity index (χ0) is 17.5. The molecule has 0 aliphatic rings. The predicted octanol–water partition coefficient (Wildman–Crippen LogP) is 3.20. The van der Waals surface area contributed by atoms with Crippen molar-refractivity contribution < 1.29 is 9.59 Å². The van der Waals surface area contributed by atoms with Crippen LogP contribution < -0.4 is 10.6 Å². The number of amides is 2. The second-order valence-electron chi connectivity index (χ2n) is 5.51. The summed E-state index contributed by atoms with van der Waals surface area (Å²) in [4.78, 5) is 24.3. The van der Waals surface area contributed by atoms with Crippen molar-refractivity contribution in [2.24, 2.45) is 0 Å². The maximum absolute atomic E-state index is 12.2. The van der Waals surface area contributed by atoms with Crippen molar-refractivity contribution in [1.29, 1.82) is 0 Å². The highest BCUT2D eigenvalue weighted by molar-refractivity contribution is 7.15. The van der Waals surface area contributed by atoms with E-state index in [1.54, 1.807) is 31.2 Å². The van der Waals surface area contributed by atoms with Crippen LogP contribution in [-0.4, -0.2) is 28.1 Å². The molecule has 2 N–H and O–H groups in total. The number of hydrogen-bond donors (Lipinski definition) is 2. The monoisotopic (exact) mass is 346 g/mol. The molecule has 6 nitrogen and oxygen atoms in total. The van der Waals surface area contributed by atoms with Crippen molar-refractivity contribution in [1.82, 2.24) is 15.5 Å². The topological polar surface area (TPSA) is 84.0 Å². The minimum absolute atomic E-state index is 0.284. The molecule has 2 rings (SSSR count). The Bertz CT molecular complexity index is 683. The van der Waals surface area contributed by atoms with Crippen LogP contribution in [0.5, 0.6) is 0 Å². The third-order valence-corrected chi connectivity index (χ3v) is 4.78. The maximum atomic E-state index is 12.2. The van der Waals surface area contributed by atoms with Crippen molar-refractivity contribution in [3.8, 4) is 0 Å². The number of nitrogens with one attached hydrogen (secondary N) is 2. The molecule has 1 heterocycles. The zero-order valence-corrected chi connectivity index (χ0v) is 14.9. The number of benzene rings is 1. The van der Waals surface area contributed by atoms with Crippen LogP contribution in [0.25, 0.3) is 0 Å². The van der Waals surface area contributed by atoms with Crippen molar-refractivity contribution in [2.45, 2.75) is 45.6 Å². The fourth-order valence-electron chi connectivity index (χ4n) is 2.24. The van der Waals surface area contributed by atoms with E-state index >= 15 is 0 Å². The summed E-state index contributed by atoms with van der Waals surface area (Å²) in [6.07, 6.45) is 1.98. The van der Waals surface area contributed by atoms with Gasteiger partial charge in [0.05, 0.1) is 0 Å². The summed E-state index contributed by atoms with van der Waals surface area (Å²) in [6.45, 7) is 5.85. The molecule has 128 valence electrons. The van der Waals surface area contributed by atoms with E-state index in [9.17, 15) is 9.59 Å². The summed E-state index contributed by atoms with van der Waals surface area (Å²) in [5.74, 6) is -0.233. The Kier molecular flexibility index (Phi) is 6.43. The lowest BCUT2D eigenvalue weighted by molar-refractivity contribution is -0.117. The van der Waals surface area contributed by atoms with Crippen LogP contribution in [0.15, 0.2) is 30.3 Å². The molecule has 0 saturated carbocycles. The fraction of sp³-hybridized carbons (Fsp3) is 0.412. The van der Waals surface area contributed by atoms with E-state index in [0.29, 0.717) is 16.6 Å². The van der Waals surface area contributed by atoms with Crippen molar-refractivity contribution in [2.75, 3.05) is 5.32 Å². The largest absolute Gasteiger partial charge is 0.341 e. The van der Waals surface area contributed by atoms with Crippen LogP contribution in [0.1, 0.15) is 54.9 Å². The van der Waals surface area contributed by atoms with Gasteiger partial charge in [0.25, 0.3) is 5.91 Å². The molecule has 2 amide bonds. The number of hydrogen-bond acceptors (Lipinski definition) is 5. The summed E-state index contributed by atoms with van der Waals surface area (Å²) >= 11 is 1.38. The van der Waals surface area contributed by atoms with Gasteiger partial charge in [0.1, 0.15) is 11.0 Å². The summed E-state index contributed by atoms with van der Waals surface area (Å²) in [5.41, 5.74) is 0.518. The highest BCUT2D eigenvalue weighted by atomic mass is 32.1. The molecule has 1 aromatic heterocycles. The van der Waals surface area contributed by atoms with Gasteiger partial charge >= 0.3 is 0 Å². The van der Waals surface area contributed by atoms with E-state index in [-0.39, 0.29) is 11.8 Å². The molecule has 1 aromatic carbocycles. The van der Waals surface area contributed by atoms with Crippen LogP contribution in [-0.2, 0) is 4.79 Å². The van der Waals surface area contributed by atoms with Gasteiger partial charge in [-0.3, -0.25) is 14.9 Å². The third-order valence-electron chi connectivity index (χ3n) is 3.78. The Morgan fingerprint density at radius 3 is 2.42 bits per heavy atom. The fourth-order valence-corrected chi connectivity index (χ4v) is 3.25. The Morgan fingerprint density at radius 1 is 1.12 bits per heavy atom. The number of aromatic nitrogens is 2. The quantitative estimate of drug-likeness (QED) is 0.806. The van der Waals surface area contributed by atoms with E-state index < -0.39 is 6.04 Å². The van der Waals surface area contributed by atoms with Crippen molar-refractivity contribution in [3.63, 3.8) is 0 Å². The minimum atomic E-state index is -0.668. The van der Waals surface area contributed by atoms with Crippen LogP contribution in [0.4, 0.5) is 5.13 Å². The molecule has 0 aliphatic heterocycles. The molecule has 2 aromatic rings. The number of anilines is 1. The normalized spacial score (nSPS) is 12.0. The van der Waals surface area contributed by atoms with Gasteiger partial charge in [0.15, 0.2) is 0 Å². The number of carbonyl (C=O) groups excluding carboxylic acids is 2. The SMILES string of the molecule is CCC(CC)c1nnc(NC(=O)C(C)NC(=O)c2ccccc2)s1. The van der Waals surface area contributed by atoms with Crippen LogP contribution in [0.3, 0.4) is 0 Å². The van der Waals surface area contributed by atoms with Gasteiger partial charge in [0, 0.05) is 11.5 Å². The molecular weight excluding hydrogens is 324 g/mol. The first kappa shape index (κ1) is 18.1. The average molecular weight is 346 g/mol. The molecule has 0 saturated heterocycles. The van der Waals surface area contributed by atoms with E-state index in [2.05, 4.69) is 34.7 Å². The first-order valence-corrected chi connectivity index (χ1v) is 8.86. The number of carbonyl (C=O) groups is 2. The summed E-state index contributed by atoms with van der Waals surface area (Å²) in [6, 6.07) is 8.12. The lowest BCUT2D eigenvalue weighted by Gasteiger charge is -2.12. The maximum Gasteiger partial charge on any atom is 0.251 e. The van der Waals surface area contributed by atoms with Gasteiger partial charge in [-0.1, -0.05) is 43.4 Å². The number of rotatable bonds is 7. The third kappa shape index (κ3) is 4.61. The Labute approximate surface area is 145 Å². The predicted molar refractivity (Wildman–Crippen MR) is 95.2 cm³/mol. The van der Waals surface area contributed by atoms with Gasteiger partial charge in [-0.2, -0.15) is 0 Å². The molecule has 1 unspecified atom stereocenters. The second-order valence-corrected chi connectivity index (χ2v) is 6.52. The first-order chi connectivity index (χ1) is 11.5. The Hall–Kier alpha value is -2.28. The van der Waals surface area contributed by atoms with E-state index in [1.807, 2.05) is 6.07 Å². The average Bonchev–Trinajstić information content (AvgIpc) is 3.05. The van der Waals surface area contributed by atoms with E-state index in [4.69, 9.17) is 0 Å². The molecule has 1 atom stereocenters. The molecular formula is C17H22N4O2S. The minimum Gasteiger partial charge on any atom is -0.341 e. The molecule has 0 aliphatic carbocycles. The van der Waals surface area contributed by atoms with Gasteiger partial charge in [-0.15, -0.1) is 10.2 Å². The van der Waals surface area contributed by atoms with Gasteiger partial charge < -0.3 is 5.32 Å². The molecule has 0 bridgehead atoms. The zero-order valence-electron chi connectivity index (χ0n) is 14.1. The van der Waals surface area contributed by atoms with Crippen molar-refractivity contribution >= 4 is 28.3 Å². The molecule has 0 radical (unpaired) electrons. The van der Waals surface area contributed by atoms with E-state index in [1.165, 1.54) is 11.3 Å². The van der Waals surface area contributed by atoms with Crippen molar-refractivity contribution in [3.05, 3.63) is 40.9 Å². The number of nitrogens with zero attached hydrogens (tertiary/aromatic N) is 2. The highest BCUT2D eigenvalue weighted by Crippen LogP contribution is 2.28. The smallest absolute Gasteiger partial charge is 0.251 e. The summed E-state index contributed by atoms with van der Waals surface area (Å²) in [7, 11) is 0. The van der Waals surface area contributed by atoms with Gasteiger partial charge in [-0.25, -0.2) is 0 Å². The first-order valence-electron chi connectivity index (χ1n) is 8.05. The molecule has 0 fully saturated rings. The van der Waals surface area contributed by atoms with Crippen LogP contribution >= 0.6 is 11.3 Å². The Balaban J connectivity index is 1.93. The van der Waals surface area contributed by atoms with Crippen LogP contribution in [0, 0.1) is 0 Å².